The predicted octanol–water partition coefficient (Wildman–Crippen LogP) is 6.04. The van der Waals surface area contributed by atoms with Crippen molar-refractivity contribution in [2.75, 3.05) is 5.32 Å². The number of hydrogen-bond donors (Lipinski definition) is 1. The van der Waals surface area contributed by atoms with Gasteiger partial charge in [-0.05, 0) is 42.3 Å². The summed E-state index contributed by atoms with van der Waals surface area (Å²) in [4.78, 5) is 0. The lowest BCUT2D eigenvalue weighted by molar-refractivity contribution is 0.494. The highest BCUT2D eigenvalue weighted by atomic mass is 35.5. The number of halogens is 2. The molecule has 0 radical (unpaired) electrons. The van der Waals surface area contributed by atoms with Crippen LogP contribution in [0.1, 0.15) is 23.1 Å². The fourth-order valence-electron chi connectivity index (χ4n) is 2.88. The molecule has 0 saturated carbocycles. The molecule has 1 atom stereocenters. The van der Waals surface area contributed by atoms with Crippen LogP contribution in [0.25, 0.3) is 11.5 Å². The molecule has 0 bridgehead atoms. The molecule has 140 valence electrons. The van der Waals surface area contributed by atoms with E-state index in [0.29, 0.717) is 33.6 Å². The van der Waals surface area contributed by atoms with E-state index >= 15 is 0 Å². The van der Waals surface area contributed by atoms with Gasteiger partial charge < -0.3 is 9.73 Å². The maximum Gasteiger partial charge on any atom is 0.249 e. The predicted molar refractivity (Wildman–Crippen MR) is 108 cm³/mol. The highest BCUT2D eigenvalue weighted by Gasteiger charge is 2.22. The Morgan fingerprint density at radius 2 is 1.71 bits per heavy atom. The van der Waals surface area contributed by atoms with E-state index in [0.717, 1.165) is 5.56 Å². The first-order valence-electron chi connectivity index (χ1n) is 8.78. The normalized spacial score (nSPS) is 12.0. The van der Waals surface area contributed by atoms with Crippen molar-refractivity contribution in [3.05, 3.63) is 101 Å². The van der Waals surface area contributed by atoms with Crippen molar-refractivity contribution in [2.24, 2.45) is 0 Å². The van der Waals surface area contributed by atoms with Gasteiger partial charge in [0.15, 0.2) is 0 Å². The van der Waals surface area contributed by atoms with E-state index in [-0.39, 0.29) is 5.82 Å². The third kappa shape index (κ3) is 3.75. The van der Waals surface area contributed by atoms with Gasteiger partial charge in [0.1, 0.15) is 11.9 Å². The van der Waals surface area contributed by atoms with E-state index < -0.39 is 6.04 Å². The summed E-state index contributed by atoms with van der Waals surface area (Å²) < 4.78 is 19.9. The molecule has 1 heterocycles. The van der Waals surface area contributed by atoms with Crippen molar-refractivity contribution < 1.29 is 8.81 Å². The molecule has 0 aliphatic rings. The van der Waals surface area contributed by atoms with Gasteiger partial charge in [0.25, 0.3) is 0 Å². The molecule has 1 N–H and O–H groups in total. The second-order valence-corrected chi connectivity index (χ2v) is 6.78. The van der Waals surface area contributed by atoms with Crippen LogP contribution in [0.15, 0.2) is 77.2 Å². The molecule has 0 fully saturated rings. The fourth-order valence-corrected chi connectivity index (χ4v) is 3.09. The topological polar surface area (TPSA) is 51.0 Å². The Kier molecular flexibility index (Phi) is 5.08. The summed E-state index contributed by atoms with van der Waals surface area (Å²) in [7, 11) is 0. The molecular weight excluding hydrogens is 377 g/mol. The standard InChI is InChI=1S/C22H17ClFN3O/c1-14-11-12-16(13-19(14)24)25-20(15-7-3-2-4-8-15)22-27-26-21(28-22)17-9-5-6-10-18(17)23/h2-13,20,25H,1H3. The lowest BCUT2D eigenvalue weighted by Crippen LogP contribution is -2.13. The summed E-state index contributed by atoms with van der Waals surface area (Å²) >= 11 is 6.24. The molecule has 0 aliphatic heterocycles. The molecule has 0 aliphatic carbocycles. The van der Waals surface area contributed by atoms with E-state index in [4.69, 9.17) is 16.0 Å². The Hall–Kier alpha value is -3.18. The molecule has 0 amide bonds. The number of anilines is 1. The lowest BCUT2D eigenvalue weighted by Gasteiger charge is -2.17. The van der Waals surface area contributed by atoms with Crippen LogP contribution in [0.2, 0.25) is 5.02 Å². The van der Waals surface area contributed by atoms with E-state index in [9.17, 15) is 4.39 Å². The first-order valence-corrected chi connectivity index (χ1v) is 9.15. The molecule has 6 heteroatoms. The second kappa shape index (κ2) is 7.82. The van der Waals surface area contributed by atoms with Crippen molar-refractivity contribution in [3.8, 4) is 11.5 Å². The number of nitrogens with zero attached hydrogens (tertiary/aromatic N) is 2. The number of benzene rings is 3. The van der Waals surface area contributed by atoms with Crippen LogP contribution in [0.3, 0.4) is 0 Å². The minimum Gasteiger partial charge on any atom is -0.418 e. The van der Waals surface area contributed by atoms with Crippen LogP contribution in [0.4, 0.5) is 10.1 Å². The van der Waals surface area contributed by atoms with Crippen LogP contribution in [-0.2, 0) is 0 Å². The second-order valence-electron chi connectivity index (χ2n) is 6.38. The van der Waals surface area contributed by atoms with Crippen molar-refractivity contribution in [3.63, 3.8) is 0 Å². The van der Waals surface area contributed by atoms with Crippen LogP contribution in [0, 0.1) is 12.7 Å². The van der Waals surface area contributed by atoms with Gasteiger partial charge in [-0.1, -0.05) is 60.1 Å². The SMILES string of the molecule is Cc1ccc(NC(c2ccccc2)c2nnc(-c3ccccc3Cl)o2)cc1F. The lowest BCUT2D eigenvalue weighted by atomic mass is 10.1. The molecule has 4 rings (SSSR count). The molecule has 0 spiro atoms. The molecule has 4 nitrogen and oxygen atoms in total. The largest absolute Gasteiger partial charge is 0.418 e. The third-order valence-electron chi connectivity index (χ3n) is 4.41. The molecule has 4 aromatic rings. The van der Waals surface area contributed by atoms with Gasteiger partial charge in [-0.2, -0.15) is 0 Å². The Labute approximate surface area is 167 Å². The van der Waals surface area contributed by atoms with Crippen LogP contribution >= 0.6 is 11.6 Å². The number of aromatic nitrogens is 2. The zero-order valence-corrected chi connectivity index (χ0v) is 15.8. The number of nitrogens with one attached hydrogen (secondary N) is 1. The van der Waals surface area contributed by atoms with Crippen molar-refractivity contribution >= 4 is 17.3 Å². The van der Waals surface area contributed by atoms with Crippen LogP contribution in [0.5, 0.6) is 0 Å². The minimum atomic E-state index is -0.438. The van der Waals surface area contributed by atoms with E-state index in [1.54, 1.807) is 19.1 Å². The number of rotatable bonds is 5. The van der Waals surface area contributed by atoms with Gasteiger partial charge in [-0.15, -0.1) is 10.2 Å². The summed E-state index contributed by atoms with van der Waals surface area (Å²) in [5.74, 6) is 0.416. The van der Waals surface area contributed by atoms with E-state index in [1.807, 2.05) is 54.6 Å². The Balaban J connectivity index is 1.72. The highest BCUT2D eigenvalue weighted by molar-refractivity contribution is 6.33. The molecular formula is C22H17ClFN3O. The molecule has 1 unspecified atom stereocenters. The van der Waals surface area contributed by atoms with Gasteiger partial charge in [-0.3, -0.25) is 0 Å². The van der Waals surface area contributed by atoms with Gasteiger partial charge in [0.2, 0.25) is 11.8 Å². The van der Waals surface area contributed by atoms with Gasteiger partial charge in [0, 0.05) is 5.69 Å². The van der Waals surface area contributed by atoms with Gasteiger partial charge in [-0.25, -0.2) is 4.39 Å². The third-order valence-corrected chi connectivity index (χ3v) is 4.74. The monoisotopic (exact) mass is 393 g/mol. The first-order chi connectivity index (χ1) is 13.6. The highest BCUT2D eigenvalue weighted by Crippen LogP contribution is 2.31. The summed E-state index contributed by atoms with van der Waals surface area (Å²) in [6.45, 7) is 1.72. The maximum absolute atomic E-state index is 14.0. The Morgan fingerprint density at radius 3 is 2.46 bits per heavy atom. The zero-order chi connectivity index (χ0) is 19.5. The van der Waals surface area contributed by atoms with Crippen LogP contribution in [-0.4, -0.2) is 10.2 Å². The van der Waals surface area contributed by atoms with Crippen molar-refractivity contribution in [1.29, 1.82) is 0 Å². The molecule has 1 aromatic heterocycles. The van der Waals surface area contributed by atoms with Gasteiger partial charge in [0.05, 0.1) is 10.6 Å². The van der Waals surface area contributed by atoms with Gasteiger partial charge >= 0.3 is 0 Å². The summed E-state index contributed by atoms with van der Waals surface area (Å²) in [6, 6.07) is 21.5. The Morgan fingerprint density at radius 1 is 0.964 bits per heavy atom. The number of hydrogen-bond acceptors (Lipinski definition) is 4. The van der Waals surface area contributed by atoms with Crippen molar-refractivity contribution in [2.45, 2.75) is 13.0 Å². The fraction of sp³-hybridized carbons (Fsp3) is 0.0909. The smallest absolute Gasteiger partial charge is 0.249 e. The average molecular weight is 394 g/mol. The average Bonchev–Trinajstić information content (AvgIpc) is 3.19. The molecule has 0 saturated heterocycles. The molecule has 3 aromatic carbocycles. The van der Waals surface area contributed by atoms with Crippen LogP contribution < -0.4 is 5.32 Å². The number of aryl methyl sites for hydroxylation is 1. The summed E-state index contributed by atoms with van der Waals surface area (Å²) in [5, 5.41) is 12.2. The summed E-state index contributed by atoms with van der Waals surface area (Å²) in [5.41, 5.74) is 2.78. The zero-order valence-electron chi connectivity index (χ0n) is 15.1. The van der Waals surface area contributed by atoms with E-state index in [1.165, 1.54) is 6.07 Å². The maximum atomic E-state index is 14.0. The Bertz CT molecular complexity index is 1100. The molecule has 28 heavy (non-hydrogen) atoms. The van der Waals surface area contributed by atoms with E-state index in [2.05, 4.69) is 15.5 Å². The first kappa shape index (κ1) is 18.2. The van der Waals surface area contributed by atoms with Crippen molar-refractivity contribution in [1.82, 2.24) is 10.2 Å². The summed E-state index contributed by atoms with van der Waals surface area (Å²) in [6.07, 6.45) is 0. The minimum absolute atomic E-state index is 0.279. The quantitative estimate of drug-likeness (QED) is 0.449.